The number of hydrogen-bond acceptors (Lipinski definition) is 4. The predicted octanol–water partition coefficient (Wildman–Crippen LogP) is 0.713. The summed E-state index contributed by atoms with van der Waals surface area (Å²) in [6.45, 7) is 1.43. The number of hydrogen-bond donors (Lipinski definition) is 2. The SMILES string of the molecule is COCCNC(=O)NCc1cccc(-n2cncn2)c1. The number of nitrogens with zero attached hydrogens (tertiary/aromatic N) is 3. The standard InChI is InChI=1S/C13H17N5O2/c1-20-6-5-15-13(19)16-8-11-3-2-4-12(7-11)18-10-14-9-17-18/h2-4,7,9-10H,5-6,8H2,1H3,(H2,15,16,19). The molecule has 0 radical (unpaired) electrons. The molecule has 20 heavy (non-hydrogen) atoms. The second-order valence-electron chi connectivity index (χ2n) is 4.11. The van der Waals surface area contributed by atoms with Gasteiger partial charge in [-0.05, 0) is 17.7 Å². The topological polar surface area (TPSA) is 81.1 Å². The van der Waals surface area contributed by atoms with Crippen LogP contribution >= 0.6 is 0 Å². The van der Waals surface area contributed by atoms with Crippen LogP contribution in [0.3, 0.4) is 0 Å². The minimum Gasteiger partial charge on any atom is -0.383 e. The lowest BCUT2D eigenvalue weighted by atomic mass is 10.2. The minimum atomic E-state index is -0.215. The van der Waals surface area contributed by atoms with Gasteiger partial charge >= 0.3 is 6.03 Å². The van der Waals surface area contributed by atoms with Crippen molar-refractivity contribution in [3.63, 3.8) is 0 Å². The summed E-state index contributed by atoms with van der Waals surface area (Å²) in [6, 6.07) is 7.52. The van der Waals surface area contributed by atoms with Crippen molar-refractivity contribution < 1.29 is 9.53 Å². The summed E-state index contributed by atoms with van der Waals surface area (Å²) in [5.41, 5.74) is 1.89. The number of nitrogens with one attached hydrogen (secondary N) is 2. The molecule has 1 aromatic carbocycles. The molecule has 0 saturated heterocycles. The van der Waals surface area contributed by atoms with Gasteiger partial charge in [0.1, 0.15) is 12.7 Å². The fraction of sp³-hybridized carbons (Fsp3) is 0.308. The van der Waals surface area contributed by atoms with Gasteiger partial charge in [0, 0.05) is 20.2 Å². The van der Waals surface area contributed by atoms with Crippen molar-refractivity contribution in [1.82, 2.24) is 25.4 Å². The summed E-state index contributed by atoms with van der Waals surface area (Å²) < 4.78 is 6.52. The third kappa shape index (κ3) is 4.06. The van der Waals surface area contributed by atoms with E-state index < -0.39 is 0 Å². The maximum atomic E-state index is 11.5. The van der Waals surface area contributed by atoms with E-state index in [9.17, 15) is 4.79 Å². The largest absolute Gasteiger partial charge is 0.383 e. The lowest BCUT2D eigenvalue weighted by Crippen LogP contribution is -2.36. The van der Waals surface area contributed by atoms with Crippen molar-refractivity contribution in [2.24, 2.45) is 0 Å². The minimum absolute atomic E-state index is 0.215. The molecule has 7 heteroatoms. The molecule has 0 saturated carbocycles. The molecule has 2 rings (SSSR count). The number of carbonyl (C=O) groups is 1. The zero-order valence-corrected chi connectivity index (χ0v) is 11.2. The first-order chi connectivity index (χ1) is 9.79. The Labute approximate surface area is 117 Å². The lowest BCUT2D eigenvalue weighted by molar-refractivity contribution is 0.196. The van der Waals surface area contributed by atoms with Crippen LogP contribution in [-0.2, 0) is 11.3 Å². The van der Waals surface area contributed by atoms with Crippen LogP contribution in [0.25, 0.3) is 5.69 Å². The van der Waals surface area contributed by atoms with Crippen LogP contribution in [0, 0.1) is 0 Å². The maximum Gasteiger partial charge on any atom is 0.315 e. The molecule has 106 valence electrons. The smallest absolute Gasteiger partial charge is 0.315 e. The fourth-order valence-corrected chi connectivity index (χ4v) is 1.66. The Morgan fingerprint density at radius 1 is 1.40 bits per heavy atom. The van der Waals surface area contributed by atoms with Crippen LogP contribution in [0.1, 0.15) is 5.56 Å². The number of benzene rings is 1. The number of aromatic nitrogens is 3. The third-order valence-corrected chi connectivity index (χ3v) is 2.64. The maximum absolute atomic E-state index is 11.5. The average Bonchev–Trinajstić information content (AvgIpc) is 3.00. The van der Waals surface area contributed by atoms with Gasteiger partial charge in [-0.25, -0.2) is 14.5 Å². The molecule has 0 aliphatic rings. The normalized spacial score (nSPS) is 10.2. The van der Waals surface area contributed by atoms with E-state index in [1.54, 1.807) is 18.1 Å². The highest BCUT2D eigenvalue weighted by Crippen LogP contribution is 2.08. The highest BCUT2D eigenvalue weighted by atomic mass is 16.5. The summed E-state index contributed by atoms with van der Waals surface area (Å²) in [5, 5.41) is 9.54. The summed E-state index contributed by atoms with van der Waals surface area (Å²) in [7, 11) is 1.59. The van der Waals surface area contributed by atoms with Crippen molar-refractivity contribution in [3.8, 4) is 5.69 Å². The number of methoxy groups -OCH3 is 1. The molecule has 2 amide bonds. The van der Waals surface area contributed by atoms with Crippen LogP contribution in [0.4, 0.5) is 4.79 Å². The molecular weight excluding hydrogens is 258 g/mol. The quantitative estimate of drug-likeness (QED) is 0.761. The molecule has 0 bridgehead atoms. The van der Waals surface area contributed by atoms with Crippen LogP contribution in [0.15, 0.2) is 36.9 Å². The van der Waals surface area contributed by atoms with Gasteiger partial charge in [-0.1, -0.05) is 12.1 Å². The van der Waals surface area contributed by atoms with E-state index in [1.807, 2.05) is 24.3 Å². The molecule has 0 aliphatic heterocycles. The van der Waals surface area contributed by atoms with E-state index in [-0.39, 0.29) is 6.03 Å². The Balaban J connectivity index is 1.87. The highest BCUT2D eigenvalue weighted by Gasteiger charge is 2.02. The van der Waals surface area contributed by atoms with Gasteiger partial charge in [0.05, 0.1) is 12.3 Å². The number of rotatable bonds is 6. The van der Waals surface area contributed by atoms with Crippen molar-refractivity contribution in [1.29, 1.82) is 0 Å². The molecule has 7 nitrogen and oxygen atoms in total. The van der Waals surface area contributed by atoms with Gasteiger partial charge in [0.25, 0.3) is 0 Å². The van der Waals surface area contributed by atoms with Gasteiger partial charge < -0.3 is 15.4 Å². The summed E-state index contributed by atoms with van der Waals surface area (Å²) in [4.78, 5) is 15.4. The van der Waals surface area contributed by atoms with Gasteiger partial charge in [0.2, 0.25) is 0 Å². The Kier molecular flexibility index (Phi) is 5.08. The summed E-state index contributed by atoms with van der Waals surface area (Å²) >= 11 is 0. The predicted molar refractivity (Wildman–Crippen MR) is 73.5 cm³/mol. The first kappa shape index (κ1) is 14.0. The highest BCUT2D eigenvalue weighted by molar-refractivity contribution is 5.73. The zero-order chi connectivity index (χ0) is 14.2. The number of urea groups is 1. The van der Waals surface area contributed by atoms with Crippen LogP contribution in [0.5, 0.6) is 0 Å². The molecule has 0 fully saturated rings. The van der Waals surface area contributed by atoms with E-state index in [0.29, 0.717) is 19.7 Å². The lowest BCUT2D eigenvalue weighted by Gasteiger charge is -2.08. The van der Waals surface area contributed by atoms with Crippen LogP contribution in [-0.4, -0.2) is 41.1 Å². The van der Waals surface area contributed by atoms with Crippen molar-refractivity contribution in [2.75, 3.05) is 20.3 Å². The first-order valence-electron chi connectivity index (χ1n) is 6.24. The molecule has 2 aromatic rings. The fourth-order valence-electron chi connectivity index (χ4n) is 1.66. The van der Waals surface area contributed by atoms with E-state index >= 15 is 0 Å². The molecule has 0 unspecified atom stereocenters. The number of carbonyl (C=O) groups excluding carboxylic acids is 1. The first-order valence-corrected chi connectivity index (χ1v) is 6.24. The molecule has 0 atom stereocenters. The Hall–Kier alpha value is -2.41. The van der Waals surface area contributed by atoms with E-state index in [4.69, 9.17) is 4.74 Å². The van der Waals surface area contributed by atoms with Crippen LogP contribution < -0.4 is 10.6 Å². The van der Waals surface area contributed by atoms with Crippen LogP contribution in [0.2, 0.25) is 0 Å². The number of ether oxygens (including phenoxy) is 1. The number of amides is 2. The summed E-state index contributed by atoms with van der Waals surface area (Å²) in [5.74, 6) is 0. The van der Waals surface area contributed by atoms with Crippen molar-refractivity contribution in [2.45, 2.75) is 6.54 Å². The van der Waals surface area contributed by atoms with E-state index in [0.717, 1.165) is 11.3 Å². The summed E-state index contributed by atoms with van der Waals surface area (Å²) in [6.07, 6.45) is 3.11. The Morgan fingerprint density at radius 2 is 2.30 bits per heavy atom. The average molecular weight is 275 g/mol. The van der Waals surface area contributed by atoms with Crippen molar-refractivity contribution >= 4 is 6.03 Å². The second kappa shape index (κ2) is 7.25. The second-order valence-corrected chi connectivity index (χ2v) is 4.11. The zero-order valence-electron chi connectivity index (χ0n) is 11.2. The molecule has 1 aromatic heterocycles. The molecular formula is C13H17N5O2. The van der Waals surface area contributed by atoms with Crippen molar-refractivity contribution in [3.05, 3.63) is 42.5 Å². The van der Waals surface area contributed by atoms with E-state index in [2.05, 4.69) is 20.7 Å². The van der Waals surface area contributed by atoms with Gasteiger partial charge in [-0.15, -0.1) is 0 Å². The third-order valence-electron chi connectivity index (χ3n) is 2.64. The monoisotopic (exact) mass is 275 g/mol. The molecule has 0 aliphatic carbocycles. The molecule has 2 N–H and O–H groups in total. The van der Waals surface area contributed by atoms with Gasteiger partial charge in [-0.2, -0.15) is 5.10 Å². The van der Waals surface area contributed by atoms with Gasteiger partial charge in [0.15, 0.2) is 0 Å². The molecule has 0 spiro atoms. The Morgan fingerprint density at radius 3 is 3.05 bits per heavy atom. The van der Waals surface area contributed by atoms with E-state index in [1.165, 1.54) is 6.33 Å². The Bertz CT molecular complexity index is 541. The van der Waals surface area contributed by atoms with Gasteiger partial charge in [-0.3, -0.25) is 0 Å². The molecule has 1 heterocycles.